The molecule has 2 aromatic carbocycles. The average molecular weight is 499 g/mol. The van der Waals surface area contributed by atoms with Gasteiger partial charge in [-0.3, -0.25) is 0 Å². The first-order chi connectivity index (χ1) is 17.9. The van der Waals surface area contributed by atoms with Gasteiger partial charge in [-0.15, -0.1) is 0 Å². The third-order valence-corrected chi connectivity index (χ3v) is 6.36. The molecule has 0 spiro atoms. The summed E-state index contributed by atoms with van der Waals surface area (Å²) in [6, 6.07) is 16.7. The van der Waals surface area contributed by atoms with Gasteiger partial charge in [0.05, 0.1) is 39.6 Å². The Morgan fingerprint density at radius 2 is 0.861 bits per heavy atom. The molecule has 4 rings (SSSR count). The van der Waals surface area contributed by atoms with Crippen molar-refractivity contribution < 1.29 is 28.4 Å². The number of benzene rings is 2. The van der Waals surface area contributed by atoms with Crippen LogP contribution in [-0.4, -0.2) is 65.1 Å². The molecule has 2 saturated heterocycles. The Hall–Kier alpha value is -2.12. The van der Waals surface area contributed by atoms with Gasteiger partial charge in [0.1, 0.15) is 23.7 Å². The van der Waals surface area contributed by atoms with Gasteiger partial charge in [-0.05, 0) is 73.9 Å². The molecule has 2 aliphatic rings. The lowest BCUT2D eigenvalue weighted by atomic mass is 10.1. The number of unbranched alkanes of at least 4 members (excludes halogenated alkanes) is 6. The van der Waals surface area contributed by atoms with Gasteiger partial charge >= 0.3 is 0 Å². The molecular weight excluding hydrogens is 456 g/mol. The highest BCUT2D eigenvalue weighted by Gasteiger charge is 2.22. The van der Waals surface area contributed by atoms with E-state index in [0.29, 0.717) is 12.2 Å². The molecule has 2 heterocycles. The summed E-state index contributed by atoms with van der Waals surface area (Å²) in [5.41, 5.74) is 2.36. The van der Waals surface area contributed by atoms with E-state index in [1.165, 1.54) is 36.8 Å². The second-order valence-electron chi connectivity index (χ2n) is 9.63. The third-order valence-electron chi connectivity index (χ3n) is 6.36. The van der Waals surface area contributed by atoms with Crippen LogP contribution in [0.25, 0.3) is 11.1 Å². The van der Waals surface area contributed by atoms with Gasteiger partial charge < -0.3 is 28.4 Å². The van der Waals surface area contributed by atoms with E-state index >= 15 is 0 Å². The number of hydrogen-bond acceptors (Lipinski definition) is 6. The van der Waals surface area contributed by atoms with E-state index < -0.39 is 0 Å². The first kappa shape index (κ1) is 26.9. The topological polar surface area (TPSA) is 62.0 Å². The molecule has 36 heavy (non-hydrogen) atoms. The van der Waals surface area contributed by atoms with Crippen molar-refractivity contribution in [1.82, 2.24) is 0 Å². The lowest BCUT2D eigenvalue weighted by Gasteiger charge is -2.09. The van der Waals surface area contributed by atoms with Crippen molar-refractivity contribution in [2.75, 3.05) is 52.9 Å². The summed E-state index contributed by atoms with van der Waals surface area (Å²) in [6.45, 7) is 6.43. The SMILES string of the molecule is c1cc(-c2ccc(OCCCCCCOCC3CO3)cc2)ccc1OCCCCCCOCC1CO1. The van der Waals surface area contributed by atoms with E-state index in [-0.39, 0.29) is 0 Å². The van der Waals surface area contributed by atoms with Gasteiger partial charge in [-0.1, -0.05) is 37.1 Å². The van der Waals surface area contributed by atoms with Crippen molar-refractivity contribution in [3.63, 3.8) is 0 Å². The van der Waals surface area contributed by atoms with E-state index in [1.54, 1.807) is 0 Å². The molecule has 2 aromatic rings. The monoisotopic (exact) mass is 498 g/mol. The van der Waals surface area contributed by atoms with Crippen molar-refractivity contribution in [1.29, 1.82) is 0 Å². The van der Waals surface area contributed by atoms with Crippen LogP contribution in [-0.2, 0) is 18.9 Å². The molecule has 2 atom stereocenters. The van der Waals surface area contributed by atoms with Crippen molar-refractivity contribution in [2.45, 2.75) is 63.6 Å². The molecule has 2 fully saturated rings. The average Bonchev–Trinajstić information content (AvgIpc) is 3.84. The van der Waals surface area contributed by atoms with Crippen LogP contribution in [0.5, 0.6) is 11.5 Å². The van der Waals surface area contributed by atoms with E-state index in [9.17, 15) is 0 Å². The Morgan fingerprint density at radius 1 is 0.500 bits per heavy atom. The van der Waals surface area contributed by atoms with Gasteiger partial charge in [0.15, 0.2) is 0 Å². The van der Waals surface area contributed by atoms with Gasteiger partial charge in [0.25, 0.3) is 0 Å². The lowest BCUT2D eigenvalue weighted by Crippen LogP contribution is -2.03. The van der Waals surface area contributed by atoms with Gasteiger partial charge in [-0.25, -0.2) is 0 Å². The molecule has 6 nitrogen and oxygen atoms in total. The normalized spacial score (nSPS) is 18.2. The van der Waals surface area contributed by atoms with Crippen LogP contribution in [0.2, 0.25) is 0 Å². The van der Waals surface area contributed by atoms with E-state index in [0.717, 1.165) is 90.0 Å². The van der Waals surface area contributed by atoms with Crippen molar-refractivity contribution in [3.8, 4) is 22.6 Å². The van der Waals surface area contributed by atoms with Gasteiger partial charge in [-0.2, -0.15) is 0 Å². The van der Waals surface area contributed by atoms with Gasteiger partial charge in [0, 0.05) is 13.2 Å². The predicted molar refractivity (Wildman–Crippen MR) is 141 cm³/mol. The Balaban J connectivity index is 1.01. The third kappa shape index (κ3) is 11.3. The first-order valence-corrected chi connectivity index (χ1v) is 13.7. The van der Waals surface area contributed by atoms with Gasteiger partial charge in [0.2, 0.25) is 0 Å². The molecule has 0 radical (unpaired) electrons. The van der Waals surface area contributed by atoms with E-state index in [2.05, 4.69) is 48.5 Å². The minimum Gasteiger partial charge on any atom is -0.494 e. The number of hydrogen-bond donors (Lipinski definition) is 0. The predicted octanol–water partition coefficient (Wildman–Crippen LogP) is 6.06. The fourth-order valence-corrected chi connectivity index (χ4v) is 3.94. The molecule has 0 bridgehead atoms. The zero-order valence-electron chi connectivity index (χ0n) is 21.5. The summed E-state index contributed by atoms with van der Waals surface area (Å²) < 4.78 is 33.2. The molecule has 198 valence electrons. The minimum atomic E-state index is 0.368. The summed E-state index contributed by atoms with van der Waals surface area (Å²) in [5.74, 6) is 1.85. The molecule has 2 unspecified atom stereocenters. The summed E-state index contributed by atoms with van der Waals surface area (Å²) in [6.07, 6.45) is 9.79. The van der Waals surface area contributed by atoms with E-state index in [4.69, 9.17) is 28.4 Å². The number of epoxide rings is 2. The second-order valence-corrected chi connectivity index (χ2v) is 9.63. The fourth-order valence-electron chi connectivity index (χ4n) is 3.94. The highest BCUT2D eigenvalue weighted by Crippen LogP contribution is 2.25. The number of ether oxygens (including phenoxy) is 6. The zero-order chi connectivity index (χ0) is 24.7. The summed E-state index contributed by atoms with van der Waals surface area (Å²) in [4.78, 5) is 0. The van der Waals surface area contributed by atoms with Crippen molar-refractivity contribution in [3.05, 3.63) is 48.5 Å². The summed E-state index contributed by atoms with van der Waals surface area (Å²) in [5, 5.41) is 0. The van der Waals surface area contributed by atoms with Crippen molar-refractivity contribution >= 4 is 0 Å². The minimum absolute atomic E-state index is 0.368. The summed E-state index contributed by atoms with van der Waals surface area (Å²) >= 11 is 0. The number of rotatable bonds is 21. The maximum atomic E-state index is 5.91. The second kappa shape index (κ2) is 15.9. The van der Waals surface area contributed by atoms with Crippen molar-refractivity contribution in [2.24, 2.45) is 0 Å². The Labute approximate surface area is 216 Å². The highest BCUT2D eigenvalue weighted by molar-refractivity contribution is 5.64. The molecule has 0 amide bonds. The molecule has 6 heteroatoms. The van der Waals surface area contributed by atoms with E-state index in [1.807, 2.05) is 0 Å². The van der Waals surface area contributed by atoms with Crippen LogP contribution in [0.1, 0.15) is 51.4 Å². The maximum absolute atomic E-state index is 5.91. The Kier molecular flexibility index (Phi) is 11.9. The lowest BCUT2D eigenvalue weighted by molar-refractivity contribution is 0.112. The molecule has 2 aliphatic heterocycles. The Morgan fingerprint density at radius 3 is 1.22 bits per heavy atom. The smallest absolute Gasteiger partial charge is 0.119 e. The molecular formula is C30H42O6. The molecule has 0 N–H and O–H groups in total. The van der Waals surface area contributed by atoms with Crippen LogP contribution < -0.4 is 9.47 Å². The van der Waals surface area contributed by atoms with Crippen LogP contribution in [0.4, 0.5) is 0 Å². The molecule has 0 saturated carbocycles. The Bertz CT molecular complexity index is 758. The van der Waals surface area contributed by atoms with Crippen LogP contribution >= 0.6 is 0 Å². The summed E-state index contributed by atoms with van der Waals surface area (Å²) in [7, 11) is 0. The van der Waals surface area contributed by atoms with Crippen LogP contribution in [0.3, 0.4) is 0 Å². The van der Waals surface area contributed by atoms with Crippen LogP contribution in [0.15, 0.2) is 48.5 Å². The largest absolute Gasteiger partial charge is 0.494 e. The maximum Gasteiger partial charge on any atom is 0.119 e. The zero-order valence-corrected chi connectivity index (χ0v) is 21.5. The molecule has 0 aromatic heterocycles. The highest BCUT2D eigenvalue weighted by atomic mass is 16.6. The fraction of sp³-hybridized carbons (Fsp3) is 0.600. The molecule has 0 aliphatic carbocycles. The first-order valence-electron chi connectivity index (χ1n) is 13.7. The van der Waals surface area contributed by atoms with Crippen LogP contribution in [0, 0.1) is 0 Å². The quantitative estimate of drug-likeness (QED) is 0.154. The standard InChI is InChI=1S/C30H42O6/c1(5-17-31-21-29-23-35-29)3-7-19-33-27-13-9-25(10-14-27)26-11-15-28(16-12-26)34-20-8-4-2-6-18-32-22-30-24-36-30/h9-16,29-30H,1-8,17-24H2.